The van der Waals surface area contributed by atoms with E-state index in [-0.39, 0.29) is 11.8 Å². The Morgan fingerprint density at radius 3 is 2.42 bits per heavy atom. The van der Waals surface area contributed by atoms with Crippen LogP contribution in [0.1, 0.15) is 26.7 Å². The van der Waals surface area contributed by atoms with Crippen LogP contribution >= 0.6 is 0 Å². The predicted molar refractivity (Wildman–Crippen MR) is 78.4 cm³/mol. The van der Waals surface area contributed by atoms with Crippen molar-refractivity contribution in [2.75, 3.05) is 24.8 Å². The first-order chi connectivity index (χ1) is 8.99. The normalized spacial score (nSPS) is 13.2. The van der Waals surface area contributed by atoms with Crippen molar-refractivity contribution < 1.29 is 13.2 Å². The summed E-state index contributed by atoms with van der Waals surface area (Å²) in [5.74, 6) is 0.198. The van der Waals surface area contributed by atoms with Gasteiger partial charge in [0.1, 0.15) is 0 Å². The fraction of sp³-hybridized carbons (Fsp3) is 0.571. The third-order valence-corrected chi connectivity index (χ3v) is 4.79. The van der Waals surface area contributed by atoms with Crippen LogP contribution in [0.3, 0.4) is 0 Å². The lowest BCUT2D eigenvalue weighted by Gasteiger charge is -2.15. The molecule has 5 heteroatoms. The fourth-order valence-electron chi connectivity index (χ4n) is 1.80. The Labute approximate surface area is 116 Å². The van der Waals surface area contributed by atoms with Crippen LogP contribution in [0.4, 0.5) is 5.69 Å². The summed E-state index contributed by atoms with van der Waals surface area (Å²) >= 11 is 0. The molecule has 0 fully saturated rings. The molecule has 0 heterocycles. The van der Waals surface area contributed by atoms with E-state index in [9.17, 15) is 8.42 Å². The Bertz CT molecular complexity index is 468. The monoisotopic (exact) mass is 285 g/mol. The molecule has 0 bridgehead atoms. The number of methoxy groups -OCH3 is 1. The van der Waals surface area contributed by atoms with Gasteiger partial charge in [0.25, 0.3) is 0 Å². The second-order valence-electron chi connectivity index (χ2n) is 4.67. The highest BCUT2D eigenvalue weighted by Crippen LogP contribution is 2.17. The molecule has 108 valence electrons. The van der Waals surface area contributed by atoms with Crippen LogP contribution in [-0.2, 0) is 14.6 Å². The summed E-state index contributed by atoms with van der Waals surface area (Å²) in [6, 6.07) is 7.24. The van der Waals surface area contributed by atoms with Gasteiger partial charge in [-0.15, -0.1) is 0 Å². The minimum absolute atomic E-state index is 0.198. The largest absolute Gasteiger partial charge is 0.385 e. The molecule has 0 aliphatic rings. The number of hydrogen-bond donors (Lipinski definition) is 1. The third-order valence-electron chi connectivity index (χ3n) is 2.85. The molecule has 0 aliphatic heterocycles. The molecular formula is C14H23NO3S. The van der Waals surface area contributed by atoms with E-state index in [2.05, 4.69) is 12.2 Å². The Morgan fingerprint density at radius 1 is 1.26 bits per heavy atom. The molecule has 0 saturated carbocycles. The average Bonchev–Trinajstić information content (AvgIpc) is 2.37. The minimum atomic E-state index is -3.12. The van der Waals surface area contributed by atoms with Gasteiger partial charge in [-0.1, -0.05) is 6.92 Å². The quantitative estimate of drug-likeness (QED) is 0.798. The lowest BCUT2D eigenvalue weighted by molar-refractivity contribution is 0.191. The Morgan fingerprint density at radius 2 is 1.89 bits per heavy atom. The average molecular weight is 285 g/mol. The van der Waals surface area contributed by atoms with Crippen LogP contribution in [0.5, 0.6) is 0 Å². The van der Waals surface area contributed by atoms with Gasteiger partial charge in [-0.3, -0.25) is 0 Å². The standard InChI is InChI=1S/C14H23NO3S/c1-4-11-19(16,17)14-7-5-13(6-8-14)15-12(2)9-10-18-3/h5-8,12,15H,4,9-11H2,1-3H3. The molecule has 1 unspecified atom stereocenters. The van der Waals surface area contributed by atoms with Gasteiger partial charge >= 0.3 is 0 Å². The van der Waals surface area contributed by atoms with Crippen molar-refractivity contribution >= 4 is 15.5 Å². The topological polar surface area (TPSA) is 55.4 Å². The van der Waals surface area contributed by atoms with Crippen LogP contribution in [0, 0.1) is 0 Å². The summed E-state index contributed by atoms with van der Waals surface area (Å²) in [4.78, 5) is 0.393. The van der Waals surface area contributed by atoms with Crippen molar-refractivity contribution in [1.29, 1.82) is 0 Å². The van der Waals surface area contributed by atoms with Gasteiger partial charge in [0.05, 0.1) is 10.6 Å². The molecule has 0 spiro atoms. The molecule has 0 radical (unpaired) electrons. The summed E-state index contributed by atoms with van der Waals surface area (Å²) in [5.41, 5.74) is 0.930. The number of anilines is 1. The molecule has 1 aromatic carbocycles. The molecule has 1 N–H and O–H groups in total. The fourth-order valence-corrected chi connectivity index (χ4v) is 3.12. The molecule has 1 aromatic rings. The van der Waals surface area contributed by atoms with E-state index in [1.54, 1.807) is 19.2 Å². The van der Waals surface area contributed by atoms with E-state index in [4.69, 9.17) is 4.74 Å². The molecule has 0 aliphatic carbocycles. The highest BCUT2D eigenvalue weighted by molar-refractivity contribution is 7.91. The van der Waals surface area contributed by atoms with Crippen molar-refractivity contribution in [3.05, 3.63) is 24.3 Å². The third kappa shape index (κ3) is 5.20. The predicted octanol–water partition coefficient (Wildman–Crippen LogP) is 2.71. The van der Waals surface area contributed by atoms with Gasteiger partial charge < -0.3 is 10.1 Å². The second kappa shape index (κ2) is 7.50. The number of rotatable bonds is 8. The molecule has 0 aromatic heterocycles. The van der Waals surface area contributed by atoms with E-state index in [0.29, 0.717) is 17.9 Å². The van der Waals surface area contributed by atoms with Gasteiger partial charge in [0.2, 0.25) is 0 Å². The number of ether oxygens (including phenoxy) is 1. The summed E-state index contributed by atoms with van der Waals surface area (Å²) in [5, 5.41) is 3.31. The minimum Gasteiger partial charge on any atom is -0.385 e. The summed E-state index contributed by atoms with van der Waals surface area (Å²) in [6.07, 6.45) is 1.54. The van der Waals surface area contributed by atoms with Crippen molar-refractivity contribution in [2.24, 2.45) is 0 Å². The zero-order valence-corrected chi connectivity index (χ0v) is 12.7. The van der Waals surface area contributed by atoms with E-state index < -0.39 is 9.84 Å². The van der Waals surface area contributed by atoms with Gasteiger partial charge in [-0.25, -0.2) is 8.42 Å². The van der Waals surface area contributed by atoms with Crippen LogP contribution in [-0.4, -0.2) is 33.9 Å². The number of sulfone groups is 1. The highest BCUT2D eigenvalue weighted by atomic mass is 32.2. The molecule has 1 atom stereocenters. The molecule has 19 heavy (non-hydrogen) atoms. The zero-order chi connectivity index (χ0) is 14.3. The van der Waals surface area contributed by atoms with E-state index >= 15 is 0 Å². The van der Waals surface area contributed by atoms with Crippen molar-refractivity contribution in [2.45, 2.75) is 37.6 Å². The SMILES string of the molecule is CCCS(=O)(=O)c1ccc(NC(C)CCOC)cc1. The van der Waals surface area contributed by atoms with Gasteiger partial charge in [0, 0.05) is 25.4 Å². The van der Waals surface area contributed by atoms with Crippen molar-refractivity contribution in [3.63, 3.8) is 0 Å². The Kier molecular flexibility index (Phi) is 6.31. The first kappa shape index (κ1) is 16.0. The Hall–Kier alpha value is -1.07. The molecule has 0 amide bonds. The van der Waals surface area contributed by atoms with Crippen LogP contribution in [0.25, 0.3) is 0 Å². The van der Waals surface area contributed by atoms with Crippen LogP contribution in [0.2, 0.25) is 0 Å². The van der Waals surface area contributed by atoms with Crippen LogP contribution < -0.4 is 5.32 Å². The second-order valence-corrected chi connectivity index (χ2v) is 6.78. The highest BCUT2D eigenvalue weighted by Gasteiger charge is 2.12. The Balaban J connectivity index is 2.66. The first-order valence-corrected chi connectivity index (χ1v) is 8.23. The number of hydrogen-bond acceptors (Lipinski definition) is 4. The number of nitrogens with one attached hydrogen (secondary N) is 1. The van der Waals surface area contributed by atoms with E-state index in [1.807, 2.05) is 19.1 Å². The maximum Gasteiger partial charge on any atom is 0.178 e. The first-order valence-electron chi connectivity index (χ1n) is 6.58. The summed E-state index contributed by atoms with van der Waals surface area (Å²) in [7, 11) is -1.44. The smallest absolute Gasteiger partial charge is 0.178 e. The maximum absolute atomic E-state index is 11.9. The lowest BCUT2D eigenvalue weighted by Crippen LogP contribution is -2.17. The maximum atomic E-state index is 11.9. The van der Waals surface area contributed by atoms with E-state index in [0.717, 1.165) is 12.1 Å². The van der Waals surface area contributed by atoms with Gasteiger partial charge in [0.15, 0.2) is 9.84 Å². The molecule has 1 rings (SSSR count). The zero-order valence-electron chi connectivity index (χ0n) is 11.8. The van der Waals surface area contributed by atoms with Crippen molar-refractivity contribution in [3.8, 4) is 0 Å². The summed E-state index contributed by atoms with van der Waals surface area (Å²) < 4.78 is 28.8. The van der Waals surface area contributed by atoms with E-state index in [1.165, 1.54) is 0 Å². The van der Waals surface area contributed by atoms with Gasteiger partial charge in [-0.05, 0) is 44.0 Å². The van der Waals surface area contributed by atoms with Crippen molar-refractivity contribution in [1.82, 2.24) is 0 Å². The molecule has 0 saturated heterocycles. The lowest BCUT2D eigenvalue weighted by atomic mass is 10.2. The van der Waals surface area contributed by atoms with Gasteiger partial charge in [-0.2, -0.15) is 0 Å². The molecule has 4 nitrogen and oxygen atoms in total. The number of benzene rings is 1. The molecular weight excluding hydrogens is 262 g/mol. The summed E-state index contributed by atoms with van der Waals surface area (Å²) in [6.45, 7) is 4.64. The van der Waals surface area contributed by atoms with Crippen LogP contribution in [0.15, 0.2) is 29.2 Å².